The van der Waals surface area contributed by atoms with Crippen molar-refractivity contribution < 1.29 is 19.0 Å². The normalized spacial score (nSPS) is 27.3. The Balaban J connectivity index is 1.76. The first-order valence-electron chi connectivity index (χ1n) is 10.5. The standard InChI is InChI=1S/C24H30FNO3/c1-28-18-10-11-19(22(15-18)29-2)23-20-8-5-6-12-24(20,27)13-14-26(23)16-17-7-3-4-9-21(17)25/h3-4,7,9-11,15,20,23,27H,5-6,8,12-14,16H2,1-2H3/t20-,23+,24+/m0/s1. The fourth-order valence-corrected chi connectivity index (χ4v) is 5.24. The van der Waals surface area contributed by atoms with Gasteiger partial charge in [-0.15, -0.1) is 0 Å². The van der Waals surface area contributed by atoms with Crippen LogP contribution in [0.15, 0.2) is 42.5 Å². The van der Waals surface area contributed by atoms with Crippen molar-refractivity contribution in [1.82, 2.24) is 4.90 Å². The Kier molecular flexibility index (Phi) is 5.79. The number of aliphatic hydroxyl groups is 1. The van der Waals surface area contributed by atoms with Gasteiger partial charge in [-0.3, -0.25) is 4.90 Å². The quantitative estimate of drug-likeness (QED) is 0.791. The number of hydrogen-bond donors (Lipinski definition) is 1. The molecule has 4 nitrogen and oxygen atoms in total. The maximum Gasteiger partial charge on any atom is 0.127 e. The van der Waals surface area contributed by atoms with Crippen molar-refractivity contribution in [3.63, 3.8) is 0 Å². The fraction of sp³-hybridized carbons (Fsp3) is 0.500. The first-order valence-corrected chi connectivity index (χ1v) is 10.5. The van der Waals surface area contributed by atoms with E-state index in [9.17, 15) is 9.50 Å². The van der Waals surface area contributed by atoms with E-state index in [4.69, 9.17) is 9.47 Å². The number of methoxy groups -OCH3 is 2. The van der Waals surface area contributed by atoms with Crippen molar-refractivity contribution in [3.05, 3.63) is 59.4 Å². The molecule has 3 atom stereocenters. The van der Waals surface area contributed by atoms with E-state index < -0.39 is 5.60 Å². The Morgan fingerprint density at radius 3 is 2.69 bits per heavy atom. The Hall–Kier alpha value is -2.11. The molecule has 1 N–H and O–H groups in total. The fourth-order valence-electron chi connectivity index (χ4n) is 5.24. The van der Waals surface area contributed by atoms with E-state index in [1.165, 1.54) is 6.07 Å². The molecule has 2 aromatic rings. The second-order valence-corrected chi connectivity index (χ2v) is 8.32. The summed E-state index contributed by atoms with van der Waals surface area (Å²) in [5.41, 5.74) is 1.06. The van der Waals surface area contributed by atoms with Gasteiger partial charge in [-0.2, -0.15) is 0 Å². The zero-order valence-electron chi connectivity index (χ0n) is 17.2. The monoisotopic (exact) mass is 399 g/mol. The largest absolute Gasteiger partial charge is 0.497 e. The van der Waals surface area contributed by atoms with E-state index in [-0.39, 0.29) is 17.8 Å². The van der Waals surface area contributed by atoms with E-state index in [0.717, 1.165) is 55.7 Å². The lowest BCUT2D eigenvalue weighted by molar-refractivity contribution is -0.126. The summed E-state index contributed by atoms with van der Waals surface area (Å²) in [6.07, 6.45) is 4.69. The van der Waals surface area contributed by atoms with Crippen LogP contribution in [-0.4, -0.2) is 36.4 Å². The average Bonchev–Trinajstić information content (AvgIpc) is 2.75. The molecule has 0 bridgehead atoms. The second kappa shape index (κ2) is 8.33. The molecule has 0 radical (unpaired) electrons. The highest BCUT2D eigenvalue weighted by molar-refractivity contribution is 5.43. The summed E-state index contributed by atoms with van der Waals surface area (Å²) in [5.74, 6) is 1.40. The molecule has 5 heteroatoms. The highest BCUT2D eigenvalue weighted by Gasteiger charge is 2.49. The lowest BCUT2D eigenvalue weighted by atomic mass is 9.66. The van der Waals surface area contributed by atoms with Crippen LogP contribution in [0.1, 0.15) is 49.3 Å². The van der Waals surface area contributed by atoms with E-state index >= 15 is 0 Å². The summed E-state index contributed by atoms with van der Waals surface area (Å²) >= 11 is 0. The van der Waals surface area contributed by atoms with Gasteiger partial charge in [0.05, 0.1) is 19.8 Å². The predicted molar refractivity (Wildman–Crippen MR) is 111 cm³/mol. The highest BCUT2D eigenvalue weighted by atomic mass is 19.1. The van der Waals surface area contributed by atoms with Gasteiger partial charge in [0.1, 0.15) is 17.3 Å². The predicted octanol–water partition coefficient (Wildman–Crippen LogP) is 4.71. The molecule has 0 aromatic heterocycles. The van der Waals surface area contributed by atoms with Crippen molar-refractivity contribution in [1.29, 1.82) is 0 Å². The minimum atomic E-state index is -0.667. The van der Waals surface area contributed by atoms with Crippen LogP contribution in [0.25, 0.3) is 0 Å². The van der Waals surface area contributed by atoms with Gasteiger partial charge < -0.3 is 14.6 Å². The molecule has 156 valence electrons. The maximum atomic E-state index is 14.4. The molecular formula is C24H30FNO3. The van der Waals surface area contributed by atoms with Gasteiger partial charge in [-0.25, -0.2) is 4.39 Å². The molecule has 0 amide bonds. The molecule has 4 rings (SSSR count). The van der Waals surface area contributed by atoms with Gasteiger partial charge >= 0.3 is 0 Å². The number of ether oxygens (including phenoxy) is 2. The van der Waals surface area contributed by atoms with Crippen LogP contribution in [0.4, 0.5) is 4.39 Å². The number of piperidine rings is 1. The Morgan fingerprint density at radius 1 is 1.10 bits per heavy atom. The molecular weight excluding hydrogens is 369 g/mol. The van der Waals surface area contributed by atoms with Crippen molar-refractivity contribution in [2.75, 3.05) is 20.8 Å². The molecule has 0 unspecified atom stereocenters. The number of likely N-dealkylation sites (tertiary alicyclic amines) is 1. The Morgan fingerprint density at radius 2 is 1.93 bits per heavy atom. The maximum absolute atomic E-state index is 14.4. The number of rotatable bonds is 5. The molecule has 1 saturated carbocycles. The van der Waals surface area contributed by atoms with E-state index in [1.807, 2.05) is 30.3 Å². The zero-order chi connectivity index (χ0) is 20.4. The van der Waals surface area contributed by atoms with Crippen molar-refractivity contribution >= 4 is 0 Å². The van der Waals surface area contributed by atoms with E-state index in [0.29, 0.717) is 12.1 Å². The van der Waals surface area contributed by atoms with Gasteiger partial charge in [0.25, 0.3) is 0 Å². The minimum Gasteiger partial charge on any atom is -0.497 e. The first-order chi connectivity index (χ1) is 14.1. The molecule has 29 heavy (non-hydrogen) atoms. The lowest BCUT2D eigenvalue weighted by Crippen LogP contribution is -2.54. The third-order valence-electron chi connectivity index (χ3n) is 6.76. The Bertz CT molecular complexity index is 858. The van der Waals surface area contributed by atoms with Gasteiger partial charge in [0.15, 0.2) is 0 Å². The van der Waals surface area contributed by atoms with Crippen LogP contribution < -0.4 is 9.47 Å². The number of halogens is 1. The van der Waals surface area contributed by atoms with Crippen molar-refractivity contribution in [2.45, 2.75) is 50.3 Å². The molecule has 2 aliphatic rings. The van der Waals surface area contributed by atoms with Gasteiger partial charge in [0.2, 0.25) is 0 Å². The third-order valence-corrected chi connectivity index (χ3v) is 6.76. The summed E-state index contributed by atoms with van der Waals surface area (Å²) in [6, 6.07) is 12.8. The smallest absolute Gasteiger partial charge is 0.127 e. The van der Waals surface area contributed by atoms with Crippen LogP contribution in [0.5, 0.6) is 11.5 Å². The van der Waals surface area contributed by atoms with E-state index in [1.54, 1.807) is 20.3 Å². The van der Waals surface area contributed by atoms with E-state index in [2.05, 4.69) is 4.90 Å². The Labute approximate surface area is 172 Å². The number of fused-ring (bicyclic) bond motifs is 1. The third kappa shape index (κ3) is 3.86. The van der Waals surface area contributed by atoms with Gasteiger partial charge in [-0.1, -0.05) is 37.1 Å². The lowest BCUT2D eigenvalue weighted by Gasteiger charge is -2.53. The van der Waals surface area contributed by atoms with Crippen LogP contribution in [0.2, 0.25) is 0 Å². The zero-order valence-corrected chi connectivity index (χ0v) is 17.2. The minimum absolute atomic E-state index is 0.0329. The van der Waals surface area contributed by atoms with Gasteiger partial charge in [0, 0.05) is 42.2 Å². The molecule has 0 spiro atoms. The number of benzene rings is 2. The molecule has 1 saturated heterocycles. The van der Waals surface area contributed by atoms with Crippen LogP contribution in [0, 0.1) is 11.7 Å². The van der Waals surface area contributed by atoms with Crippen LogP contribution in [0.3, 0.4) is 0 Å². The van der Waals surface area contributed by atoms with Crippen molar-refractivity contribution in [3.8, 4) is 11.5 Å². The van der Waals surface area contributed by atoms with Crippen molar-refractivity contribution in [2.24, 2.45) is 5.92 Å². The summed E-state index contributed by atoms with van der Waals surface area (Å²) in [4.78, 5) is 2.31. The topological polar surface area (TPSA) is 41.9 Å². The SMILES string of the molecule is COc1ccc([C@@H]2[C@@H]3CCCC[C@@]3(O)CCN2Cc2ccccc2F)c(OC)c1. The molecule has 2 aromatic carbocycles. The summed E-state index contributed by atoms with van der Waals surface area (Å²) < 4.78 is 25.5. The van der Waals surface area contributed by atoms with Crippen LogP contribution >= 0.6 is 0 Å². The summed E-state index contributed by atoms with van der Waals surface area (Å²) in [6.45, 7) is 1.24. The average molecular weight is 400 g/mol. The molecule has 1 aliphatic heterocycles. The summed E-state index contributed by atoms with van der Waals surface area (Å²) in [7, 11) is 3.30. The first kappa shape index (κ1) is 20.2. The highest BCUT2D eigenvalue weighted by Crippen LogP contribution is 2.51. The number of nitrogens with zero attached hydrogens (tertiary/aromatic N) is 1. The number of hydrogen-bond acceptors (Lipinski definition) is 4. The summed E-state index contributed by atoms with van der Waals surface area (Å²) in [5, 5.41) is 11.5. The van der Waals surface area contributed by atoms with Crippen LogP contribution in [-0.2, 0) is 6.54 Å². The second-order valence-electron chi connectivity index (χ2n) is 8.32. The molecule has 1 aliphatic carbocycles. The molecule has 1 heterocycles. The van der Waals surface area contributed by atoms with Gasteiger partial charge in [-0.05, 0) is 31.4 Å². The molecule has 2 fully saturated rings.